The van der Waals surface area contributed by atoms with Gasteiger partial charge in [-0.15, -0.1) is 0 Å². The Morgan fingerprint density at radius 2 is 2.50 bits per heavy atom. The molecule has 3 nitrogen and oxygen atoms in total. The summed E-state index contributed by atoms with van der Waals surface area (Å²) in [6.45, 7) is 1.18. The zero-order valence-electron chi connectivity index (χ0n) is 7.36. The smallest absolute Gasteiger partial charge is 0.180 e. The molecule has 0 amide bonds. The first-order valence-electron chi connectivity index (χ1n) is 4.46. The Labute approximate surface area is 72.4 Å². The molecule has 1 aromatic heterocycles. The van der Waals surface area contributed by atoms with Crippen LogP contribution in [0.3, 0.4) is 0 Å². The lowest BCUT2D eigenvalue weighted by atomic mass is 10.0. The van der Waals surface area contributed by atoms with Gasteiger partial charge >= 0.3 is 0 Å². The van der Waals surface area contributed by atoms with Crippen LogP contribution in [-0.4, -0.2) is 23.5 Å². The minimum atomic E-state index is 0.484. The standard InChI is InChI=1S/C9H14N2O/c1-11-5-3-2-4-9(11)8-6-12-7-10-8/h6-7,9H,2-5H2,1H3. The molecule has 2 heterocycles. The molecule has 1 fully saturated rings. The quantitative estimate of drug-likeness (QED) is 0.637. The van der Waals surface area contributed by atoms with E-state index in [2.05, 4.69) is 16.9 Å². The van der Waals surface area contributed by atoms with E-state index in [0.717, 1.165) is 5.69 Å². The largest absolute Gasteiger partial charge is 0.451 e. The summed E-state index contributed by atoms with van der Waals surface area (Å²) in [6.07, 6.45) is 7.10. The van der Waals surface area contributed by atoms with Crippen molar-refractivity contribution in [2.75, 3.05) is 13.6 Å². The van der Waals surface area contributed by atoms with Gasteiger partial charge in [0, 0.05) is 0 Å². The van der Waals surface area contributed by atoms with Gasteiger partial charge in [0.2, 0.25) is 0 Å². The number of aromatic nitrogens is 1. The second-order valence-electron chi connectivity index (χ2n) is 3.41. The lowest BCUT2D eigenvalue weighted by molar-refractivity contribution is 0.183. The number of rotatable bonds is 1. The molecular formula is C9H14N2O. The SMILES string of the molecule is CN1CCCCC1c1cocn1. The topological polar surface area (TPSA) is 29.3 Å². The van der Waals surface area contributed by atoms with Gasteiger partial charge in [-0.25, -0.2) is 4.98 Å². The van der Waals surface area contributed by atoms with Crippen LogP contribution in [0.5, 0.6) is 0 Å². The summed E-state index contributed by atoms with van der Waals surface area (Å²) in [4.78, 5) is 6.53. The molecule has 0 aromatic carbocycles. The molecule has 1 aromatic rings. The Hall–Kier alpha value is -0.830. The lowest BCUT2D eigenvalue weighted by Crippen LogP contribution is -2.29. The molecule has 2 rings (SSSR count). The van der Waals surface area contributed by atoms with E-state index in [1.165, 1.54) is 32.2 Å². The molecule has 3 heteroatoms. The second kappa shape index (κ2) is 3.27. The third-order valence-electron chi connectivity index (χ3n) is 2.56. The molecule has 0 aliphatic carbocycles. The Kier molecular flexibility index (Phi) is 2.13. The highest BCUT2D eigenvalue weighted by molar-refractivity contribution is 5.01. The number of likely N-dealkylation sites (tertiary alicyclic amines) is 1. The number of piperidine rings is 1. The highest BCUT2D eigenvalue weighted by atomic mass is 16.3. The van der Waals surface area contributed by atoms with Crippen molar-refractivity contribution >= 4 is 0 Å². The van der Waals surface area contributed by atoms with Crippen molar-refractivity contribution in [3.05, 3.63) is 18.4 Å². The molecule has 0 saturated carbocycles. The molecule has 12 heavy (non-hydrogen) atoms. The number of oxazole rings is 1. The van der Waals surface area contributed by atoms with Crippen molar-refractivity contribution in [1.82, 2.24) is 9.88 Å². The van der Waals surface area contributed by atoms with E-state index in [4.69, 9.17) is 4.42 Å². The van der Waals surface area contributed by atoms with E-state index in [1.807, 2.05) is 0 Å². The number of hydrogen-bond acceptors (Lipinski definition) is 3. The van der Waals surface area contributed by atoms with Crippen molar-refractivity contribution in [3.8, 4) is 0 Å². The van der Waals surface area contributed by atoms with Crippen molar-refractivity contribution in [1.29, 1.82) is 0 Å². The minimum Gasteiger partial charge on any atom is -0.451 e. The van der Waals surface area contributed by atoms with Crippen molar-refractivity contribution in [2.24, 2.45) is 0 Å². The first kappa shape index (κ1) is 7.80. The molecule has 0 spiro atoms. The first-order chi connectivity index (χ1) is 5.88. The maximum absolute atomic E-state index is 4.98. The van der Waals surface area contributed by atoms with E-state index in [0.29, 0.717) is 6.04 Å². The Morgan fingerprint density at radius 3 is 3.17 bits per heavy atom. The van der Waals surface area contributed by atoms with Crippen LogP contribution in [0, 0.1) is 0 Å². The number of hydrogen-bond donors (Lipinski definition) is 0. The van der Waals surface area contributed by atoms with Gasteiger partial charge in [0.25, 0.3) is 0 Å². The molecule has 1 atom stereocenters. The number of nitrogens with zero attached hydrogens (tertiary/aromatic N) is 2. The normalized spacial score (nSPS) is 25.9. The molecule has 1 aliphatic heterocycles. The minimum absolute atomic E-state index is 0.484. The third-order valence-corrected chi connectivity index (χ3v) is 2.56. The average molecular weight is 166 g/mol. The summed E-state index contributed by atoms with van der Waals surface area (Å²) in [5, 5.41) is 0. The van der Waals surface area contributed by atoms with Crippen molar-refractivity contribution in [3.63, 3.8) is 0 Å². The molecule has 0 N–H and O–H groups in total. The molecular weight excluding hydrogens is 152 g/mol. The summed E-state index contributed by atoms with van der Waals surface area (Å²) in [7, 11) is 2.15. The highest BCUT2D eigenvalue weighted by Crippen LogP contribution is 2.27. The van der Waals surface area contributed by atoms with Crippen LogP contribution >= 0.6 is 0 Å². The molecule has 0 bridgehead atoms. The maximum atomic E-state index is 4.98. The van der Waals surface area contributed by atoms with E-state index < -0.39 is 0 Å². The maximum Gasteiger partial charge on any atom is 0.180 e. The van der Waals surface area contributed by atoms with Gasteiger partial charge in [-0.1, -0.05) is 6.42 Å². The van der Waals surface area contributed by atoms with E-state index in [-0.39, 0.29) is 0 Å². The first-order valence-corrected chi connectivity index (χ1v) is 4.46. The summed E-state index contributed by atoms with van der Waals surface area (Å²) in [6, 6.07) is 0.484. The van der Waals surface area contributed by atoms with E-state index >= 15 is 0 Å². The monoisotopic (exact) mass is 166 g/mol. The summed E-state index contributed by atoms with van der Waals surface area (Å²) >= 11 is 0. The molecule has 66 valence electrons. The average Bonchev–Trinajstić information content (AvgIpc) is 2.57. The molecule has 1 saturated heterocycles. The van der Waals surface area contributed by atoms with Crippen molar-refractivity contribution < 1.29 is 4.42 Å². The van der Waals surface area contributed by atoms with Crippen LogP contribution in [0.25, 0.3) is 0 Å². The summed E-state index contributed by atoms with van der Waals surface area (Å²) in [5.41, 5.74) is 1.08. The second-order valence-corrected chi connectivity index (χ2v) is 3.41. The fraction of sp³-hybridized carbons (Fsp3) is 0.667. The van der Waals surface area contributed by atoms with Crippen LogP contribution in [0.15, 0.2) is 17.1 Å². The van der Waals surface area contributed by atoms with E-state index in [9.17, 15) is 0 Å². The molecule has 1 aliphatic rings. The van der Waals surface area contributed by atoms with Crippen molar-refractivity contribution in [2.45, 2.75) is 25.3 Å². The zero-order chi connectivity index (χ0) is 8.39. The van der Waals surface area contributed by atoms with Gasteiger partial charge in [0.1, 0.15) is 6.26 Å². The van der Waals surface area contributed by atoms with Gasteiger partial charge in [0.05, 0.1) is 11.7 Å². The fourth-order valence-corrected chi connectivity index (χ4v) is 1.84. The van der Waals surface area contributed by atoms with Crippen LogP contribution in [0.1, 0.15) is 31.0 Å². The predicted octanol–water partition coefficient (Wildman–Crippen LogP) is 1.83. The molecule has 1 unspecified atom stereocenters. The van der Waals surface area contributed by atoms with Gasteiger partial charge in [-0.05, 0) is 26.4 Å². The lowest BCUT2D eigenvalue weighted by Gasteiger charge is -2.30. The van der Waals surface area contributed by atoms with Crippen LogP contribution in [0.4, 0.5) is 0 Å². The summed E-state index contributed by atoms with van der Waals surface area (Å²) < 4.78 is 4.98. The molecule has 0 radical (unpaired) electrons. The third kappa shape index (κ3) is 1.37. The van der Waals surface area contributed by atoms with Gasteiger partial charge in [-0.3, -0.25) is 4.90 Å². The van der Waals surface area contributed by atoms with Gasteiger partial charge in [0.15, 0.2) is 6.39 Å². The Bertz CT molecular complexity index is 233. The van der Waals surface area contributed by atoms with Gasteiger partial charge < -0.3 is 4.42 Å². The summed E-state index contributed by atoms with van der Waals surface area (Å²) in [5.74, 6) is 0. The fourth-order valence-electron chi connectivity index (χ4n) is 1.84. The zero-order valence-corrected chi connectivity index (χ0v) is 7.36. The predicted molar refractivity (Wildman–Crippen MR) is 45.7 cm³/mol. The van der Waals surface area contributed by atoms with Crippen LogP contribution in [-0.2, 0) is 0 Å². The van der Waals surface area contributed by atoms with Gasteiger partial charge in [-0.2, -0.15) is 0 Å². The van der Waals surface area contributed by atoms with E-state index in [1.54, 1.807) is 6.26 Å². The Balaban J connectivity index is 2.11. The van der Waals surface area contributed by atoms with Crippen LogP contribution < -0.4 is 0 Å². The van der Waals surface area contributed by atoms with Crippen LogP contribution in [0.2, 0.25) is 0 Å². The highest BCUT2D eigenvalue weighted by Gasteiger charge is 2.22. The Morgan fingerprint density at radius 1 is 1.58 bits per heavy atom.